The van der Waals surface area contributed by atoms with Crippen LogP contribution in [0.5, 0.6) is 11.6 Å². The van der Waals surface area contributed by atoms with Crippen LogP contribution in [0.25, 0.3) is 11.1 Å². The van der Waals surface area contributed by atoms with Crippen molar-refractivity contribution in [2.24, 2.45) is 5.41 Å². The number of ether oxygens (including phenoxy) is 2. The number of nitrogens with zero attached hydrogens (tertiary/aromatic N) is 1. The number of aromatic nitrogens is 1. The second-order valence-corrected chi connectivity index (χ2v) is 11.3. The molecule has 0 saturated heterocycles. The van der Waals surface area contributed by atoms with E-state index < -0.39 is 8.15 Å². The van der Waals surface area contributed by atoms with Crippen molar-refractivity contribution in [1.29, 1.82) is 0 Å². The average molecular weight is 470 g/mol. The molecule has 1 heterocycles. The molecule has 3 rings (SSSR count). The highest BCUT2D eigenvalue weighted by atomic mass is 31.1. The molecule has 1 atom stereocenters. The molecule has 0 bridgehead atoms. The quantitative estimate of drug-likeness (QED) is 0.358. The molecule has 1 aromatic heterocycles. The van der Waals surface area contributed by atoms with Crippen molar-refractivity contribution in [3.05, 3.63) is 77.2 Å². The zero-order valence-electron chi connectivity index (χ0n) is 20.1. The van der Waals surface area contributed by atoms with Crippen LogP contribution in [0.2, 0.25) is 0 Å². The van der Waals surface area contributed by atoms with Gasteiger partial charge >= 0.3 is 0 Å². The van der Waals surface area contributed by atoms with Gasteiger partial charge in [0.25, 0.3) is 0 Å². The number of hydrogen-bond acceptors (Lipinski definition) is 4. The molecule has 0 radical (unpaired) electrons. The molecule has 176 valence electrons. The molecule has 1 N–H and O–H groups in total. The molecule has 0 spiro atoms. The summed E-state index contributed by atoms with van der Waals surface area (Å²) in [6.45, 7) is 8.79. The summed E-state index contributed by atoms with van der Waals surface area (Å²) in [6.07, 6.45) is 3.61. The van der Waals surface area contributed by atoms with Crippen LogP contribution >= 0.6 is 8.15 Å². The smallest absolute Gasteiger partial charge is 0.213 e. The van der Waals surface area contributed by atoms with E-state index in [1.54, 1.807) is 6.07 Å². The Morgan fingerprint density at radius 1 is 1.03 bits per heavy atom. The highest BCUT2D eigenvalue weighted by Gasteiger charge is 2.18. The normalized spacial score (nSPS) is 12.5. The molecule has 0 amide bonds. The number of rotatable bonds is 9. The molecule has 3 aromatic rings. The van der Waals surface area contributed by atoms with Crippen molar-refractivity contribution < 1.29 is 18.8 Å². The van der Waals surface area contributed by atoms with E-state index in [-0.39, 0.29) is 11.2 Å². The van der Waals surface area contributed by atoms with Gasteiger partial charge < -0.3 is 14.4 Å². The monoisotopic (exact) mass is 469 g/mol. The van der Waals surface area contributed by atoms with Gasteiger partial charge in [-0.2, -0.15) is 0 Å². The maximum atomic E-state index is 14.7. The Labute approximate surface area is 197 Å². The van der Waals surface area contributed by atoms with Crippen LogP contribution < -0.4 is 9.47 Å². The van der Waals surface area contributed by atoms with Gasteiger partial charge in [-0.15, -0.1) is 0 Å². The molecule has 2 aromatic carbocycles. The lowest BCUT2D eigenvalue weighted by molar-refractivity contribution is 0.305. The summed E-state index contributed by atoms with van der Waals surface area (Å²) < 4.78 is 25.9. The van der Waals surface area contributed by atoms with Gasteiger partial charge in [-0.3, -0.25) is 0 Å². The minimum absolute atomic E-state index is 0.0293. The van der Waals surface area contributed by atoms with Crippen LogP contribution in [-0.2, 0) is 19.4 Å². The number of benzene rings is 2. The van der Waals surface area contributed by atoms with Crippen molar-refractivity contribution in [2.75, 3.05) is 19.9 Å². The van der Waals surface area contributed by atoms with Crippen molar-refractivity contribution in [1.82, 2.24) is 4.98 Å². The highest BCUT2D eigenvalue weighted by molar-refractivity contribution is 7.50. The molecule has 0 fully saturated rings. The van der Waals surface area contributed by atoms with E-state index in [2.05, 4.69) is 37.9 Å². The molecule has 0 aliphatic heterocycles. The summed E-state index contributed by atoms with van der Waals surface area (Å²) in [5, 5.41) is 0. The fraction of sp³-hybridized carbons (Fsp3) is 0.370. The zero-order valence-corrected chi connectivity index (χ0v) is 21.0. The molecule has 1 unspecified atom stereocenters. The minimum atomic E-state index is -0.901. The first-order chi connectivity index (χ1) is 15.6. The van der Waals surface area contributed by atoms with Gasteiger partial charge in [0.15, 0.2) is 0 Å². The molecular formula is C27H33FNO3P. The van der Waals surface area contributed by atoms with Crippen molar-refractivity contribution in [3.8, 4) is 22.8 Å². The summed E-state index contributed by atoms with van der Waals surface area (Å²) in [5.74, 6) is 0.819. The molecular weight excluding hydrogens is 436 g/mol. The molecule has 0 aliphatic rings. The number of hydrogen-bond donors (Lipinski definition) is 1. The van der Waals surface area contributed by atoms with E-state index >= 15 is 0 Å². The Kier molecular flexibility index (Phi) is 8.45. The average Bonchev–Trinajstić information content (AvgIpc) is 2.76. The number of pyridine rings is 1. The SMILES string of the molecule is COc1cc(-c2ccc(COc3cccc(CCP(C)O)c3)cc2CC(C)(C)C)c(F)cn1. The summed E-state index contributed by atoms with van der Waals surface area (Å²) in [5.41, 5.74) is 4.60. The molecule has 0 saturated carbocycles. The fourth-order valence-electron chi connectivity index (χ4n) is 3.70. The first kappa shape index (κ1) is 25.1. The Balaban J connectivity index is 1.85. The molecule has 4 nitrogen and oxygen atoms in total. The summed E-state index contributed by atoms with van der Waals surface area (Å²) in [7, 11) is 0.628. The predicted molar refractivity (Wildman–Crippen MR) is 134 cm³/mol. The Hall–Kier alpha value is -2.49. The third-order valence-corrected chi connectivity index (χ3v) is 6.12. The molecule has 33 heavy (non-hydrogen) atoms. The third kappa shape index (κ3) is 7.52. The minimum Gasteiger partial charge on any atom is -0.489 e. The van der Waals surface area contributed by atoms with Gasteiger partial charge in [0.05, 0.1) is 13.3 Å². The largest absolute Gasteiger partial charge is 0.489 e. The van der Waals surface area contributed by atoms with Crippen molar-refractivity contribution in [3.63, 3.8) is 0 Å². The number of methoxy groups -OCH3 is 1. The van der Waals surface area contributed by atoms with Crippen molar-refractivity contribution in [2.45, 2.75) is 40.2 Å². The summed E-state index contributed by atoms with van der Waals surface area (Å²) in [4.78, 5) is 13.6. The summed E-state index contributed by atoms with van der Waals surface area (Å²) >= 11 is 0. The first-order valence-electron chi connectivity index (χ1n) is 11.1. The number of aryl methyl sites for hydroxylation is 1. The standard InChI is InChI=1S/C27H33FNO3P/c1-27(2,3)16-21-13-20(9-10-23(21)24-15-26(31-4)29-17-25(24)28)18-32-22-8-6-7-19(14-22)11-12-33(5)30/h6-10,13-15,17,30H,11-12,16,18H2,1-5H3. The van der Waals surface area contributed by atoms with Crippen LogP contribution in [0.3, 0.4) is 0 Å². The zero-order chi connectivity index (χ0) is 24.0. The van der Waals surface area contributed by atoms with Gasteiger partial charge in [-0.25, -0.2) is 9.37 Å². The lowest BCUT2D eigenvalue weighted by Crippen LogP contribution is -2.11. The van der Waals surface area contributed by atoms with Gasteiger partial charge in [0.1, 0.15) is 18.2 Å². The Bertz CT molecular complexity index is 1080. The summed E-state index contributed by atoms with van der Waals surface area (Å²) in [6, 6.07) is 15.7. The lowest BCUT2D eigenvalue weighted by atomic mass is 9.84. The number of halogens is 1. The van der Waals surface area contributed by atoms with Crippen LogP contribution in [0, 0.1) is 11.2 Å². The fourth-order valence-corrected chi connectivity index (χ4v) is 4.28. The van der Waals surface area contributed by atoms with Crippen LogP contribution in [-0.4, -0.2) is 29.8 Å². The first-order valence-corrected chi connectivity index (χ1v) is 13.0. The van der Waals surface area contributed by atoms with E-state index in [0.717, 1.165) is 47.0 Å². The Morgan fingerprint density at radius 3 is 2.52 bits per heavy atom. The van der Waals surface area contributed by atoms with Crippen molar-refractivity contribution >= 4 is 8.15 Å². The lowest BCUT2D eigenvalue weighted by Gasteiger charge is -2.22. The highest BCUT2D eigenvalue weighted by Crippen LogP contribution is 2.33. The third-order valence-electron chi connectivity index (χ3n) is 5.25. The van der Waals surface area contributed by atoms with Gasteiger partial charge in [-0.05, 0) is 65.5 Å². The van der Waals surface area contributed by atoms with E-state index in [1.807, 2.05) is 37.0 Å². The van der Waals surface area contributed by atoms with E-state index in [1.165, 1.54) is 13.3 Å². The maximum Gasteiger partial charge on any atom is 0.213 e. The molecule has 0 aliphatic carbocycles. The topological polar surface area (TPSA) is 51.6 Å². The van der Waals surface area contributed by atoms with Crippen LogP contribution in [0.15, 0.2) is 54.7 Å². The van der Waals surface area contributed by atoms with Gasteiger partial charge in [0, 0.05) is 19.8 Å². The predicted octanol–water partition coefficient (Wildman–Crippen LogP) is 6.63. The molecule has 6 heteroatoms. The van der Waals surface area contributed by atoms with Gasteiger partial charge in [-0.1, -0.05) is 51.1 Å². The second-order valence-electron chi connectivity index (χ2n) is 9.50. The second kappa shape index (κ2) is 11.1. The maximum absolute atomic E-state index is 14.7. The van der Waals surface area contributed by atoms with Crippen LogP contribution in [0.4, 0.5) is 4.39 Å². The van der Waals surface area contributed by atoms with E-state index in [9.17, 15) is 9.28 Å². The van der Waals surface area contributed by atoms with Crippen LogP contribution in [0.1, 0.15) is 37.5 Å². The van der Waals surface area contributed by atoms with E-state index in [0.29, 0.717) is 18.1 Å². The van der Waals surface area contributed by atoms with E-state index in [4.69, 9.17) is 9.47 Å². The Morgan fingerprint density at radius 2 is 1.82 bits per heavy atom. The van der Waals surface area contributed by atoms with Gasteiger partial charge in [0.2, 0.25) is 5.88 Å².